The van der Waals surface area contributed by atoms with Crippen molar-refractivity contribution >= 4 is 17.2 Å². The number of methoxy groups -OCH3 is 1. The van der Waals surface area contributed by atoms with Gasteiger partial charge in [-0.25, -0.2) is 4.98 Å². The second-order valence-corrected chi connectivity index (χ2v) is 6.26. The zero-order valence-corrected chi connectivity index (χ0v) is 16.7. The van der Waals surface area contributed by atoms with E-state index in [1.54, 1.807) is 55.6 Å². The molecular formula is C21H22N4O5. The summed E-state index contributed by atoms with van der Waals surface area (Å²) >= 11 is 0. The third kappa shape index (κ3) is 5.34. The van der Waals surface area contributed by atoms with Crippen molar-refractivity contribution in [2.24, 2.45) is 0 Å². The first-order chi connectivity index (χ1) is 14.6. The number of rotatable bonds is 10. The molecule has 0 amide bonds. The lowest BCUT2D eigenvalue weighted by Crippen LogP contribution is -2.03. The first-order valence-electron chi connectivity index (χ1n) is 9.42. The molecule has 0 atom stereocenters. The molecular weight excluding hydrogens is 388 g/mol. The second kappa shape index (κ2) is 10.1. The predicted molar refractivity (Wildman–Crippen MR) is 112 cm³/mol. The highest BCUT2D eigenvalue weighted by Crippen LogP contribution is 2.36. The summed E-state index contributed by atoms with van der Waals surface area (Å²) < 4.78 is 16.3. The van der Waals surface area contributed by atoms with Crippen LogP contribution in [0.1, 0.15) is 19.8 Å². The van der Waals surface area contributed by atoms with E-state index < -0.39 is 4.92 Å². The number of anilines is 2. The molecule has 1 aromatic heterocycles. The van der Waals surface area contributed by atoms with Crippen molar-refractivity contribution in [3.05, 3.63) is 65.0 Å². The van der Waals surface area contributed by atoms with E-state index in [-0.39, 0.29) is 17.4 Å². The molecule has 0 aliphatic heterocycles. The van der Waals surface area contributed by atoms with Crippen LogP contribution >= 0.6 is 0 Å². The number of ether oxygens (including phenoxy) is 3. The molecule has 0 aliphatic rings. The summed E-state index contributed by atoms with van der Waals surface area (Å²) in [5.41, 5.74) is 0.256. The maximum atomic E-state index is 11.7. The van der Waals surface area contributed by atoms with Gasteiger partial charge in [-0.3, -0.25) is 10.1 Å². The highest BCUT2D eigenvalue weighted by Gasteiger charge is 2.25. The molecule has 9 nitrogen and oxygen atoms in total. The van der Waals surface area contributed by atoms with E-state index in [2.05, 4.69) is 22.2 Å². The quantitative estimate of drug-likeness (QED) is 0.279. The lowest BCUT2D eigenvalue weighted by Gasteiger charge is -2.10. The summed E-state index contributed by atoms with van der Waals surface area (Å²) in [6.07, 6.45) is 3.23. The van der Waals surface area contributed by atoms with E-state index in [0.29, 0.717) is 23.8 Å². The Morgan fingerprint density at radius 1 is 1.00 bits per heavy atom. The molecule has 0 saturated heterocycles. The fourth-order valence-electron chi connectivity index (χ4n) is 2.55. The summed E-state index contributed by atoms with van der Waals surface area (Å²) in [6.45, 7) is 2.74. The number of benzene rings is 2. The molecule has 1 heterocycles. The van der Waals surface area contributed by atoms with Gasteiger partial charge in [0.25, 0.3) is 0 Å². The number of aromatic nitrogens is 2. The lowest BCUT2D eigenvalue weighted by atomic mass is 10.3. The summed E-state index contributed by atoms with van der Waals surface area (Å²) in [7, 11) is 1.55. The summed E-state index contributed by atoms with van der Waals surface area (Å²) in [6, 6.07) is 13.7. The van der Waals surface area contributed by atoms with E-state index in [4.69, 9.17) is 14.2 Å². The van der Waals surface area contributed by atoms with Crippen LogP contribution in [0.25, 0.3) is 0 Å². The number of nitrogens with one attached hydrogen (secondary N) is 1. The summed E-state index contributed by atoms with van der Waals surface area (Å²) in [5.74, 6) is 1.62. The number of unbranched alkanes of at least 4 members (excludes halogenated alkanes) is 1. The Hall–Kier alpha value is -3.88. The average Bonchev–Trinajstić information content (AvgIpc) is 2.75. The molecule has 156 valence electrons. The van der Waals surface area contributed by atoms with E-state index in [1.807, 2.05) is 0 Å². The Balaban J connectivity index is 1.79. The van der Waals surface area contributed by atoms with Gasteiger partial charge in [0.15, 0.2) is 0 Å². The largest absolute Gasteiger partial charge is 0.497 e. The minimum Gasteiger partial charge on any atom is -0.497 e. The van der Waals surface area contributed by atoms with E-state index in [9.17, 15) is 10.1 Å². The van der Waals surface area contributed by atoms with Crippen LogP contribution in [0.3, 0.4) is 0 Å². The highest BCUT2D eigenvalue weighted by molar-refractivity contribution is 5.69. The Morgan fingerprint density at radius 3 is 2.30 bits per heavy atom. The molecule has 0 spiro atoms. The lowest BCUT2D eigenvalue weighted by molar-refractivity contribution is -0.385. The molecule has 30 heavy (non-hydrogen) atoms. The van der Waals surface area contributed by atoms with Crippen molar-refractivity contribution in [1.29, 1.82) is 0 Å². The summed E-state index contributed by atoms with van der Waals surface area (Å²) in [4.78, 5) is 19.1. The molecule has 0 fully saturated rings. The third-order valence-electron chi connectivity index (χ3n) is 4.13. The maximum absolute atomic E-state index is 11.7. The van der Waals surface area contributed by atoms with Gasteiger partial charge in [0.05, 0.1) is 18.6 Å². The number of nitrogens with zero attached hydrogens (tertiary/aromatic N) is 3. The van der Waals surface area contributed by atoms with Crippen LogP contribution in [0, 0.1) is 10.1 Å². The minimum atomic E-state index is -0.580. The first-order valence-corrected chi connectivity index (χ1v) is 9.42. The molecule has 3 aromatic rings. The smallest absolute Gasteiger partial charge is 0.373 e. The minimum absolute atomic E-state index is 0.0261. The van der Waals surface area contributed by atoms with Crippen molar-refractivity contribution in [2.75, 3.05) is 19.0 Å². The van der Waals surface area contributed by atoms with Crippen molar-refractivity contribution in [3.63, 3.8) is 0 Å². The molecule has 9 heteroatoms. The number of hydrogen-bond donors (Lipinski definition) is 1. The Bertz CT molecular complexity index is 978. The van der Waals surface area contributed by atoms with Crippen LogP contribution in [0.5, 0.6) is 23.1 Å². The van der Waals surface area contributed by atoms with E-state index in [1.165, 1.54) is 6.33 Å². The Kier molecular flexibility index (Phi) is 6.99. The van der Waals surface area contributed by atoms with Crippen molar-refractivity contribution in [1.82, 2.24) is 9.97 Å². The van der Waals surface area contributed by atoms with Crippen LogP contribution in [-0.2, 0) is 0 Å². The second-order valence-electron chi connectivity index (χ2n) is 6.26. The van der Waals surface area contributed by atoms with Gasteiger partial charge in [-0.15, -0.1) is 0 Å². The molecule has 0 radical (unpaired) electrons. The molecule has 0 unspecified atom stereocenters. The first kappa shape index (κ1) is 20.8. The van der Waals surface area contributed by atoms with Crippen LogP contribution in [0.15, 0.2) is 54.9 Å². The monoisotopic (exact) mass is 410 g/mol. The topological polar surface area (TPSA) is 109 Å². The van der Waals surface area contributed by atoms with Gasteiger partial charge in [0, 0.05) is 5.69 Å². The molecule has 3 rings (SSSR count). The fraction of sp³-hybridized carbons (Fsp3) is 0.238. The third-order valence-corrected chi connectivity index (χ3v) is 4.13. The van der Waals surface area contributed by atoms with Crippen LogP contribution in [-0.4, -0.2) is 28.6 Å². The molecule has 0 saturated carbocycles. The van der Waals surface area contributed by atoms with Crippen LogP contribution < -0.4 is 19.5 Å². The van der Waals surface area contributed by atoms with Crippen molar-refractivity contribution in [2.45, 2.75) is 19.8 Å². The molecule has 0 aliphatic carbocycles. The zero-order chi connectivity index (χ0) is 21.3. The van der Waals surface area contributed by atoms with Gasteiger partial charge in [0.1, 0.15) is 23.6 Å². The van der Waals surface area contributed by atoms with Crippen molar-refractivity contribution < 1.29 is 19.1 Å². The van der Waals surface area contributed by atoms with E-state index in [0.717, 1.165) is 18.6 Å². The molecule has 2 aromatic carbocycles. The van der Waals surface area contributed by atoms with Crippen LogP contribution in [0.2, 0.25) is 0 Å². The fourth-order valence-corrected chi connectivity index (χ4v) is 2.55. The van der Waals surface area contributed by atoms with Gasteiger partial charge < -0.3 is 19.5 Å². The van der Waals surface area contributed by atoms with Crippen LogP contribution in [0.4, 0.5) is 17.2 Å². The number of hydrogen-bond acceptors (Lipinski definition) is 8. The standard InChI is InChI=1S/C21H22N4O5/c1-3-4-13-29-17-7-5-15(6-8-17)24-20-19(25(26)27)21(23-14-22-20)30-18-11-9-16(28-2)10-12-18/h5-12,14H,3-4,13H2,1-2H3,(H,22,23,24). The van der Waals surface area contributed by atoms with Gasteiger partial charge in [-0.1, -0.05) is 13.3 Å². The predicted octanol–water partition coefficient (Wildman–Crippen LogP) is 5.11. The van der Waals surface area contributed by atoms with Gasteiger partial charge in [-0.05, 0) is 55.0 Å². The van der Waals surface area contributed by atoms with Gasteiger partial charge in [-0.2, -0.15) is 4.98 Å². The zero-order valence-electron chi connectivity index (χ0n) is 16.7. The van der Waals surface area contributed by atoms with Gasteiger partial charge >= 0.3 is 11.6 Å². The SMILES string of the molecule is CCCCOc1ccc(Nc2ncnc(Oc3ccc(OC)cc3)c2[N+](=O)[O-])cc1. The Labute approximate surface area is 173 Å². The average molecular weight is 410 g/mol. The Morgan fingerprint density at radius 2 is 1.67 bits per heavy atom. The normalized spacial score (nSPS) is 10.3. The van der Waals surface area contributed by atoms with Gasteiger partial charge in [0.2, 0.25) is 5.82 Å². The molecule has 0 bridgehead atoms. The highest BCUT2D eigenvalue weighted by atomic mass is 16.6. The van der Waals surface area contributed by atoms with E-state index >= 15 is 0 Å². The maximum Gasteiger partial charge on any atom is 0.373 e. The summed E-state index contributed by atoms with van der Waals surface area (Å²) in [5, 5.41) is 14.6. The van der Waals surface area contributed by atoms with Crippen molar-refractivity contribution in [3.8, 4) is 23.1 Å². The number of nitro groups is 1. The molecule has 1 N–H and O–H groups in total.